The Kier molecular flexibility index (Phi) is 8.52. The summed E-state index contributed by atoms with van der Waals surface area (Å²) in [5.74, 6) is -0.200. The molecule has 43 heavy (non-hydrogen) atoms. The monoisotopic (exact) mass is 599 g/mol. The maximum absolute atomic E-state index is 13.6. The summed E-state index contributed by atoms with van der Waals surface area (Å²) in [6, 6.07) is 7.77. The Morgan fingerprint density at radius 2 is 1.44 bits per heavy atom. The van der Waals surface area contributed by atoms with Crippen LogP contribution in [0.2, 0.25) is 0 Å². The van der Waals surface area contributed by atoms with E-state index < -0.39 is 29.4 Å². The number of hydrogen-bond donors (Lipinski definition) is 1. The van der Waals surface area contributed by atoms with Crippen LogP contribution < -0.4 is 5.32 Å². The van der Waals surface area contributed by atoms with Crippen molar-refractivity contribution in [2.45, 2.75) is 115 Å². The summed E-state index contributed by atoms with van der Waals surface area (Å²) in [5, 5.41) is 4.60. The number of carbonyl (C=O) groups excluding carboxylic acids is 4. The Morgan fingerprint density at radius 1 is 0.837 bits per heavy atom. The van der Waals surface area contributed by atoms with E-state index in [9.17, 15) is 19.2 Å². The molecule has 5 rings (SSSR count). The number of hydroxylamine groups is 2. The van der Waals surface area contributed by atoms with Gasteiger partial charge in [-0.2, -0.15) is 5.06 Å². The third kappa shape index (κ3) is 7.17. The highest BCUT2D eigenvalue weighted by Crippen LogP contribution is 2.34. The number of piperidine rings is 2. The number of likely N-dealkylation sites (tertiary alicyclic amines) is 1. The van der Waals surface area contributed by atoms with Crippen molar-refractivity contribution < 1.29 is 33.5 Å². The number of ether oxygens (including phenoxy) is 2. The van der Waals surface area contributed by atoms with Crippen LogP contribution in [0.1, 0.15) is 72.8 Å². The molecule has 0 aromatic heterocycles. The van der Waals surface area contributed by atoms with Gasteiger partial charge in [0.1, 0.15) is 23.9 Å². The third-order valence-electron chi connectivity index (χ3n) is 8.20. The Balaban J connectivity index is 1.22. The highest BCUT2D eigenvalue weighted by Gasteiger charge is 2.50. The maximum atomic E-state index is 13.6. The van der Waals surface area contributed by atoms with Crippen molar-refractivity contribution in [1.82, 2.24) is 25.1 Å². The fourth-order valence-corrected chi connectivity index (χ4v) is 6.48. The molecular weight excluding hydrogens is 554 g/mol. The molecule has 12 heteroatoms. The van der Waals surface area contributed by atoms with E-state index in [1.165, 1.54) is 5.06 Å². The van der Waals surface area contributed by atoms with Crippen LogP contribution in [0.4, 0.5) is 14.4 Å². The molecule has 0 aliphatic carbocycles. The molecule has 0 saturated carbocycles. The first-order valence-corrected chi connectivity index (χ1v) is 15.2. The zero-order valence-electron chi connectivity index (χ0n) is 26.1. The normalized spacial score (nSPS) is 27.2. The fraction of sp³-hybridized carbons (Fsp3) is 0.677. The highest BCUT2D eigenvalue weighted by molar-refractivity contribution is 5.88. The molecule has 12 nitrogen and oxygen atoms in total. The smallest absolute Gasteiger partial charge is 0.410 e. The summed E-state index contributed by atoms with van der Waals surface area (Å²) in [6.45, 7) is 12.2. The molecule has 4 atom stereocenters. The van der Waals surface area contributed by atoms with Gasteiger partial charge in [-0.3, -0.25) is 14.5 Å². The Labute approximate surface area is 253 Å². The van der Waals surface area contributed by atoms with Crippen molar-refractivity contribution >= 4 is 24.1 Å². The molecule has 4 bridgehead atoms. The van der Waals surface area contributed by atoms with Gasteiger partial charge in [0, 0.05) is 25.7 Å². The zero-order valence-corrected chi connectivity index (χ0v) is 26.1. The molecule has 1 aromatic rings. The van der Waals surface area contributed by atoms with Crippen molar-refractivity contribution in [3.05, 3.63) is 35.9 Å². The van der Waals surface area contributed by atoms with E-state index in [4.69, 9.17) is 14.3 Å². The lowest BCUT2D eigenvalue weighted by Gasteiger charge is -2.51. The van der Waals surface area contributed by atoms with E-state index in [0.29, 0.717) is 32.2 Å². The number of hydrogen-bond acceptors (Lipinski definition) is 7. The molecule has 1 aromatic carbocycles. The van der Waals surface area contributed by atoms with E-state index in [1.54, 1.807) is 14.7 Å². The summed E-state index contributed by atoms with van der Waals surface area (Å²) >= 11 is 0. The number of nitrogens with one attached hydrogen (secondary N) is 1. The molecule has 0 radical (unpaired) electrons. The van der Waals surface area contributed by atoms with E-state index in [0.717, 1.165) is 5.56 Å². The predicted molar refractivity (Wildman–Crippen MR) is 157 cm³/mol. The second-order valence-electron chi connectivity index (χ2n) is 14.0. The van der Waals surface area contributed by atoms with Gasteiger partial charge in [0.2, 0.25) is 5.91 Å². The predicted octanol–water partition coefficient (Wildman–Crippen LogP) is 3.89. The number of rotatable bonds is 5. The average molecular weight is 600 g/mol. The van der Waals surface area contributed by atoms with Crippen LogP contribution in [-0.4, -0.2) is 105 Å². The minimum absolute atomic E-state index is 0.0875. The molecule has 236 valence electrons. The van der Waals surface area contributed by atoms with E-state index >= 15 is 0 Å². The first kappa shape index (κ1) is 30.9. The molecule has 1 N–H and O–H groups in total. The van der Waals surface area contributed by atoms with Gasteiger partial charge in [0.25, 0.3) is 0 Å². The molecule has 4 heterocycles. The molecule has 5 amide bonds. The van der Waals surface area contributed by atoms with Crippen molar-refractivity contribution in [2.24, 2.45) is 0 Å². The Bertz CT molecular complexity index is 1200. The molecule has 4 saturated heterocycles. The summed E-state index contributed by atoms with van der Waals surface area (Å²) in [4.78, 5) is 63.8. The van der Waals surface area contributed by atoms with Crippen molar-refractivity contribution in [1.29, 1.82) is 0 Å². The number of piperazine rings is 1. The topological polar surface area (TPSA) is 121 Å². The Hall–Kier alpha value is -3.54. The van der Waals surface area contributed by atoms with Crippen LogP contribution in [0.15, 0.2) is 30.3 Å². The summed E-state index contributed by atoms with van der Waals surface area (Å²) < 4.78 is 11.3. The van der Waals surface area contributed by atoms with E-state index in [1.807, 2.05) is 71.9 Å². The van der Waals surface area contributed by atoms with Crippen molar-refractivity contribution in [3.8, 4) is 0 Å². The van der Waals surface area contributed by atoms with Crippen LogP contribution in [0.25, 0.3) is 0 Å². The minimum atomic E-state index is -0.666. The fourth-order valence-electron chi connectivity index (χ4n) is 6.48. The van der Waals surface area contributed by atoms with Crippen LogP contribution in [-0.2, 0) is 25.7 Å². The second-order valence-corrected chi connectivity index (χ2v) is 14.0. The van der Waals surface area contributed by atoms with Crippen LogP contribution in [0.3, 0.4) is 0 Å². The van der Waals surface area contributed by atoms with Crippen LogP contribution in [0.5, 0.6) is 0 Å². The lowest BCUT2D eigenvalue weighted by Crippen LogP contribution is -2.68. The highest BCUT2D eigenvalue weighted by atomic mass is 16.7. The number of fused-ring (bicyclic) bond motifs is 4. The molecule has 4 fully saturated rings. The first-order chi connectivity index (χ1) is 20.2. The van der Waals surface area contributed by atoms with Crippen molar-refractivity contribution in [3.63, 3.8) is 0 Å². The number of urea groups is 1. The third-order valence-corrected chi connectivity index (χ3v) is 8.20. The van der Waals surface area contributed by atoms with Crippen LogP contribution in [0, 0.1) is 0 Å². The lowest BCUT2D eigenvalue weighted by molar-refractivity contribution is -0.140. The van der Waals surface area contributed by atoms with Gasteiger partial charge in [-0.15, -0.1) is 0 Å². The molecule has 0 spiro atoms. The van der Waals surface area contributed by atoms with Gasteiger partial charge in [0.15, 0.2) is 0 Å². The largest absolute Gasteiger partial charge is 0.444 e. The second kappa shape index (κ2) is 11.9. The summed E-state index contributed by atoms with van der Waals surface area (Å²) in [5.41, 5.74) is -0.338. The molecule has 4 aliphatic heterocycles. The summed E-state index contributed by atoms with van der Waals surface area (Å²) in [6.07, 6.45) is 1.28. The van der Waals surface area contributed by atoms with Gasteiger partial charge in [-0.1, -0.05) is 30.3 Å². The standard InChI is InChI=1S/C31H45N5O7/c1-30(2,3)42-28(39)33-16-23-14-21(15-24(17-33)35(23)29(40)43-31(4,5)6)32-26(37)25-13-12-22-18-34(25)27(38)36(22)41-19-20-10-8-7-9-11-20/h7-11,21-25H,12-19H2,1-6H3,(H,32,37)/t21?,22-,23?,24?,25+/m1/s1. The van der Waals surface area contributed by atoms with Gasteiger partial charge in [-0.25, -0.2) is 14.4 Å². The minimum Gasteiger partial charge on any atom is -0.444 e. The molecular formula is C31H45N5O7. The van der Waals surface area contributed by atoms with Crippen LogP contribution >= 0.6 is 0 Å². The van der Waals surface area contributed by atoms with Gasteiger partial charge in [-0.05, 0) is 72.8 Å². The maximum Gasteiger partial charge on any atom is 0.410 e. The summed E-state index contributed by atoms with van der Waals surface area (Å²) in [7, 11) is 0. The molecule has 2 unspecified atom stereocenters. The van der Waals surface area contributed by atoms with Crippen molar-refractivity contribution in [2.75, 3.05) is 19.6 Å². The number of nitrogens with zero attached hydrogens (tertiary/aromatic N) is 4. The van der Waals surface area contributed by atoms with E-state index in [2.05, 4.69) is 5.32 Å². The van der Waals surface area contributed by atoms with Gasteiger partial charge >= 0.3 is 18.2 Å². The van der Waals surface area contributed by atoms with E-state index in [-0.39, 0.29) is 55.8 Å². The number of carbonyl (C=O) groups is 4. The average Bonchev–Trinajstić information content (AvgIpc) is 3.13. The Morgan fingerprint density at radius 3 is 2.05 bits per heavy atom. The quantitative estimate of drug-likeness (QED) is 0.545. The SMILES string of the molecule is CC(C)(C)OC(=O)N1CC2CC(NC(=O)[C@@H]3CC[C@@H]4CN3C(=O)N4OCc3ccccc3)CC(C1)N2C(=O)OC(C)(C)C. The number of amides is 5. The molecule has 4 aliphatic rings. The number of benzene rings is 1. The zero-order chi connectivity index (χ0) is 31.1. The van der Waals surface area contributed by atoms with Gasteiger partial charge < -0.3 is 24.6 Å². The first-order valence-electron chi connectivity index (χ1n) is 15.2. The van der Waals surface area contributed by atoms with Gasteiger partial charge in [0.05, 0.1) is 18.1 Å². The lowest BCUT2D eigenvalue weighted by atomic mass is 9.87.